The Bertz CT molecular complexity index is 319. The van der Waals surface area contributed by atoms with Crippen molar-refractivity contribution in [1.29, 1.82) is 0 Å². The molecule has 0 heterocycles. The van der Waals surface area contributed by atoms with E-state index in [0.29, 0.717) is 0 Å². The molecule has 0 spiro atoms. The van der Waals surface area contributed by atoms with E-state index in [-0.39, 0.29) is 5.75 Å². The van der Waals surface area contributed by atoms with Gasteiger partial charge < -0.3 is 4.74 Å². The van der Waals surface area contributed by atoms with E-state index in [1.165, 1.54) is 7.11 Å². The van der Waals surface area contributed by atoms with Crippen molar-refractivity contribution in [2.75, 3.05) is 12.5 Å². The average molecular weight is 212 g/mol. The van der Waals surface area contributed by atoms with Gasteiger partial charge in [-0.2, -0.15) is 0 Å². The lowest BCUT2D eigenvalue weighted by molar-refractivity contribution is 0.234. The Morgan fingerprint density at radius 3 is 2.46 bits per heavy atom. The summed E-state index contributed by atoms with van der Waals surface area (Å²) in [7, 11) is 1.22. The summed E-state index contributed by atoms with van der Waals surface area (Å²) in [5.41, 5.74) is -0.694. The van der Waals surface area contributed by atoms with E-state index >= 15 is 0 Å². The second-order valence-corrected chi connectivity index (χ2v) is 2.53. The van der Waals surface area contributed by atoms with E-state index in [4.69, 9.17) is 11.6 Å². The Labute approximate surface area is 77.3 Å². The molecule has 0 aliphatic rings. The molecule has 0 fully saturated rings. The third kappa shape index (κ3) is 1.80. The maximum atomic E-state index is 13.0. The monoisotopic (exact) mass is 211 g/mol. The van der Waals surface area contributed by atoms with Crippen molar-refractivity contribution in [2.45, 2.75) is 0 Å². The van der Waals surface area contributed by atoms with Gasteiger partial charge in [0.05, 0.1) is 7.11 Å². The number of ether oxygens (including phenoxy) is 1. The average Bonchev–Trinajstić information content (AvgIpc) is 2.09. The Morgan fingerprint density at radius 2 is 2.00 bits per heavy atom. The lowest BCUT2D eigenvalue weighted by Gasteiger charge is -2.07. The van der Waals surface area contributed by atoms with E-state index in [2.05, 4.69) is 4.74 Å². The highest BCUT2D eigenvalue weighted by molar-refractivity contribution is 6.33. The molecule has 2 nitrogen and oxygen atoms in total. The molecule has 1 aromatic rings. The Hall–Kier alpha value is -1.10. The molecule has 0 saturated heterocycles. The highest BCUT2D eigenvalue weighted by atomic mass is 35.5. The highest BCUT2D eigenvalue weighted by Gasteiger charge is 2.16. The number of hydrogen-bond acceptors (Lipinski definition) is 2. The van der Waals surface area contributed by atoms with Crippen molar-refractivity contribution in [3.05, 3.63) is 23.0 Å². The number of halogens is 4. The van der Waals surface area contributed by atoms with Crippen LogP contribution in [0.15, 0.2) is 12.1 Å². The topological polar surface area (TPSA) is 12.5 Å². The van der Waals surface area contributed by atoms with E-state index < -0.39 is 21.9 Å². The van der Waals surface area contributed by atoms with Crippen LogP contribution >= 0.6 is 11.6 Å². The summed E-state index contributed by atoms with van der Waals surface area (Å²) >= 11 is 5.30. The molecule has 0 bridgehead atoms. The molecular formula is C7H5ClF3NO. The van der Waals surface area contributed by atoms with Gasteiger partial charge in [0.25, 0.3) is 0 Å². The van der Waals surface area contributed by atoms with Crippen LogP contribution in [0.5, 0.6) is 5.75 Å². The van der Waals surface area contributed by atoms with Gasteiger partial charge in [0.1, 0.15) is 10.7 Å². The van der Waals surface area contributed by atoms with Gasteiger partial charge in [0, 0.05) is 0 Å². The molecule has 1 aromatic carbocycles. The smallest absolute Gasteiger partial charge is 0.185 e. The number of benzene rings is 1. The fourth-order valence-electron chi connectivity index (χ4n) is 0.810. The Morgan fingerprint density at radius 1 is 1.38 bits per heavy atom. The van der Waals surface area contributed by atoms with E-state index in [9.17, 15) is 13.4 Å². The standard InChI is InChI=1S/C7H5ClF3NO/c1-13-5-3-2-4(12(10)11)6(8)7(5)9/h2-3H,1H3. The predicted molar refractivity (Wildman–Crippen MR) is 42.7 cm³/mol. The van der Waals surface area contributed by atoms with E-state index in [1.807, 2.05) is 0 Å². The van der Waals surface area contributed by atoms with Crippen LogP contribution in [0.25, 0.3) is 0 Å². The third-order valence-corrected chi connectivity index (χ3v) is 1.79. The van der Waals surface area contributed by atoms with Gasteiger partial charge in [-0.05, 0) is 17.5 Å². The SMILES string of the molecule is COc1ccc(N(F)F)c(Cl)c1F. The van der Waals surface area contributed by atoms with Crippen LogP contribution in [0.3, 0.4) is 0 Å². The van der Waals surface area contributed by atoms with Gasteiger partial charge >= 0.3 is 0 Å². The molecule has 72 valence electrons. The van der Waals surface area contributed by atoms with Gasteiger partial charge in [-0.25, -0.2) is 4.39 Å². The predicted octanol–water partition coefficient (Wildman–Crippen LogP) is 3.06. The Balaban J connectivity index is 3.23. The molecule has 13 heavy (non-hydrogen) atoms. The van der Waals surface area contributed by atoms with Crippen LogP contribution < -0.4 is 10.1 Å². The first-order valence-corrected chi connectivity index (χ1v) is 3.59. The van der Waals surface area contributed by atoms with E-state index in [1.54, 1.807) is 0 Å². The van der Waals surface area contributed by atoms with E-state index in [0.717, 1.165) is 12.1 Å². The minimum Gasteiger partial charge on any atom is -0.494 e. The van der Waals surface area contributed by atoms with Crippen molar-refractivity contribution >= 4 is 17.3 Å². The third-order valence-electron chi connectivity index (χ3n) is 1.43. The summed E-state index contributed by atoms with van der Waals surface area (Å²) < 4.78 is 41.5. The summed E-state index contributed by atoms with van der Waals surface area (Å²) in [6, 6.07) is 2.03. The summed E-state index contributed by atoms with van der Waals surface area (Å²) in [5, 5.41) is -1.92. The zero-order valence-electron chi connectivity index (χ0n) is 6.52. The van der Waals surface area contributed by atoms with Crippen LogP contribution in [-0.4, -0.2) is 7.11 Å². The first kappa shape index (κ1) is 9.98. The number of rotatable bonds is 2. The lowest BCUT2D eigenvalue weighted by Crippen LogP contribution is -1.99. The second-order valence-electron chi connectivity index (χ2n) is 2.15. The molecule has 0 radical (unpaired) electrons. The molecular weight excluding hydrogens is 207 g/mol. The number of anilines is 1. The summed E-state index contributed by atoms with van der Waals surface area (Å²) in [4.78, 5) is 0. The molecule has 0 unspecified atom stereocenters. The molecule has 0 aliphatic heterocycles. The number of methoxy groups -OCH3 is 1. The molecule has 0 atom stereocenters. The van der Waals surface area contributed by atoms with Gasteiger partial charge in [-0.15, -0.1) is 0 Å². The minimum atomic E-state index is -1.26. The first-order valence-electron chi connectivity index (χ1n) is 3.21. The molecule has 0 aliphatic carbocycles. The number of nitrogens with zero attached hydrogens (tertiary/aromatic N) is 1. The van der Waals surface area contributed by atoms with Crippen LogP contribution in [0, 0.1) is 5.82 Å². The van der Waals surface area contributed by atoms with Gasteiger partial charge in [-0.1, -0.05) is 20.6 Å². The molecule has 0 aromatic heterocycles. The maximum absolute atomic E-state index is 13.0. The van der Waals surface area contributed by atoms with Crippen LogP contribution in [0.2, 0.25) is 5.02 Å². The van der Waals surface area contributed by atoms with Gasteiger partial charge in [0.2, 0.25) is 0 Å². The zero-order valence-corrected chi connectivity index (χ0v) is 7.28. The molecule has 1 rings (SSSR count). The minimum absolute atomic E-state index is 0.171. The lowest BCUT2D eigenvalue weighted by atomic mass is 10.3. The molecule has 6 heteroatoms. The first-order chi connectivity index (χ1) is 6.07. The van der Waals surface area contributed by atoms with Gasteiger partial charge in [0.15, 0.2) is 11.6 Å². The van der Waals surface area contributed by atoms with Gasteiger partial charge in [-0.3, -0.25) is 0 Å². The number of hydrogen-bond donors (Lipinski definition) is 0. The highest BCUT2D eigenvalue weighted by Crippen LogP contribution is 2.34. The maximum Gasteiger partial charge on any atom is 0.185 e. The van der Waals surface area contributed by atoms with Crippen molar-refractivity contribution < 1.29 is 18.1 Å². The molecule has 0 N–H and O–H groups in total. The quantitative estimate of drug-likeness (QED) is 0.697. The second kappa shape index (κ2) is 3.74. The van der Waals surface area contributed by atoms with Crippen molar-refractivity contribution in [2.24, 2.45) is 0 Å². The fraction of sp³-hybridized carbons (Fsp3) is 0.143. The fourth-order valence-corrected chi connectivity index (χ4v) is 1.03. The summed E-state index contributed by atoms with van der Waals surface area (Å²) in [5.74, 6) is -1.17. The summed E-state index contributed by atoms with van der Waals surface area (Å²) in [6.45, 7) is 0. The van der Waals surface area contributed by atoms with Crippen molar-refractivity contribution in [3.63, 3.8) is 0 Å². The largest absolute Gasteiger partial charge is 0.494 e. The van der Waals surface area contributed by atoms with Crippen molar-refractivity contribution in [3.8, 4) is 5.75 Å². The zero-order chi connectivity index (χ0) is 10.0. The van der Waals surface area contributed by atoms with Crippen molar-refractivity contribution in [1.82, 2.24) is 0 Å². The molecule has 0 amide bonds. The van der Waals surface area contributed by atoms with Crippen LogP contribution in [0.1, 0.15) is 0 Å². The van der Waals surface area contributed by atoms with Crippen LogP contribution in [-0.2, 0) is 0 Å². The normalized spacial score (nSPS) is 9.92. The Kier molecular flexibility index (Phi) is 2.87. The van der Waals surface area contributed by atoms with Crippen LogP contribution in [0.4, 0.5) is 19.0 Å². The molecule has 0 saturated carbocycles. The summed E-state index contributed by atoms with van der Waals surface area (Å²) in [6.07, 6.45) is 0.